The minimum atomic E-state index is 0.118. The molecule has 2 aliphatic heterocycles. The Morgan fingerprint density at radius 1 is 1.23 bits per heavy atom. The van der Waals surface area contributed by atoms with Crippen LogP contribution in [0.15, 0.2) is 12.3 Å². The van der Waals surface area contributed by atoms with E-state index >= 15 is 0 Å². The molecule has 2 saturated heterocycles. The van der Waals surface area contributed by atoms with Crippen molar-refractivity contribution in [2.75, 3.05) is 26.2 Å². The van der Waals surface area contributed by atoms with Gasteiger partial charge in [-0.05, 0) is 51.8 Å². The molecular weight excluding hydrogens is 328 g/mol. The molecule has 0 aromatic carbocycles. The summed E-state index contributed by atoms with van der Waals surface area (Å²) < 4.78 is 2.15. The third-order valence-electron chi connectivity index (χ3n) is 5.82. The van der Waals surface area contributed by atoms with Gasteiger partial charge in [0.05, 0.1) is 12.1 Å². The van der Waals surface area contributed by atoms with E-state index in [9.17, 15) is 4.79 Å². The average molecular weight is 356 g/mol. The molecule has 4 heterocycles. The van der Waals surface area contributed by atoms with E-state index in [0.717, 1.165) is 68.5 Å². The maximum atomic E-state index is 12.8. The van der Waals surface area contributed by atoms with E-state index in [-0.39, 0.29) is 11.8 Å². The van der Waals surface area contributed by atoms with Crippen molar-refractivity contribution in [3.05, 3.63) is 35.2 Å². The lowest BCUT2D eigenvalue weighted by Gasteiger charge is -2.32. The molecule has 4 rings (SSSR count). The maximum absolute atomic E-state index is 12.8. The molecule has 0 unspecified atom stereocenters. The summed E-state index contributed by atoms with van der Waals surface area (Å²) in [7, 11) is 2.07. The number of piperidine rings is 1. The van der Waals surface area contributed by atoms with Crippen LogP contribution in [0, 0.1) is 6.92 Å². The van der Waals surface area contributed by atoms with Crippen LogP contribution in [0.25, 0.3) is 0 Å². The smallest absolute Gasteiger partial charge is 0.255 e. The number of carbonyl (C=O) groups is 1. The second kappa shape index (κ2) is 7.23. The third-order valence-corrected chi connectivity index (χ3v) is 5.82. The van der Waals surface area contributed by atoms with Crippen LogP contribution >= 0.6 is 0 Å². The van der Waals surface area contributed by atoms with E-state index in [4.69, 9.17) is 0 Å². The van der Waals surface area contributed by atoms with E-state index in [1.54, 1.807) is 0 Å². The van der Waals surface area contributed by atoms with Crippen LogP contribution < -0.4 is 0 Å². The van der Waals surface area contributed by atoms with Crippen LogP contribution in [0.4, 0.5) is 0 Å². The second-order valence-corrected chi connectivity index (χ2v) is 7.62. The Bertz CT molecular complexity index is 773. The summed E-state index contributed by atoms with van der Waals surface area (Å²) in [6.07, 6.45) is 6.46. The Labute approximate surface area is 154 Å². The van der Waals surface area contributed by atoms with Gasteiger partial charge in [-0.2, -0.15) is 0 Å². The minimum Gasteiger partial charge on any atom is -0.365 e. The lowest BCUT2D eigenvalue weighted by Crippen LogP contribution is -2.39. The van der Waals surface area contributed by atoms with Crippen LogP contribution in [-0.2, 0) is 13.6 Å². The number of likely N-dealkylation sites (tertiary alicyclic amines) is 2. The predicted octanol–water partition coefficient (Wildman–Crippen LogP) is 2.07. The van der Waals surface area contributed by atoms with Gasteiger partial charge < -0.3 is 14.5 Å². The number of carbonyl (C=O) groups excluding carboxylic acids is 1. The van der Waals surface area contributed by atoms with Gasteiger partial charge in [0.1, 0.15) is 11.6 Å². The molecule has 0 bridgehead atoms. The Morgan fingerprint density at radius 3 is 2.77 bits per heavy atom. The van der Waals surface area contributed by atoms with Crippen LogP contribution in [0.3, 0.4) is 0 Å². The lowest BCUT2D eigenvalue weighted by molar-refractivity contribution is 0.0703. The van der Waals surface area contributed by atoms with Crippen molar-refractivity contribution in [1.29, 1.82) is 0 Å². The Balaban J connectivity index is 1.47. The molecule has 0 spiro atoms. The van der Waals surface area contributed by atoms with Gasteiger partial charge in [-0.3, -0.25) is 9.69 Å². The molecule has 0 radical (unpaired) electrons. The summed E-state index contributed by atoms with van der Waals surface area (Å²) in [6.45, 7) is 6.68. The highest BCUT2D eigenvalue weighted by Crippen LogP contribution is 2.27. The van der Waals surface area contributed by atoms with Gasteiger partial charge in [0.25, 0.3) is 5.91 Å². The van der Waals surface area contributed by atoms with Crippen molar-refractivity contribution in [3.8, 4) is 0 Å². The van der Waals surface area contributed by atoms with Crippen molar-refractivity contribution >= 4 is 5.91 Å². The SMILES string of the molecule is Cc1[nH]ccc1C(=O)N1CCC[C@@H](c2nnc(CN3CCCC3)n2C)C1. The largest absolute Gasteiger partial charge is 0.365 e. The highest BCUT2D eigenvalue weighted by atomic mass is 16.2. The zero-order valence-corrected chi connectivity index (χ0v) is 15.7. The minimum absolute atomic E-state index is 0.118. The van der Waals surface area contributed by atoms with E-state index in [2.05, 4.69) is 31.7 Å². The first-order valence-corrected chi connectivity index (χ1v) is 9.67. The van der Waals surface area contributed by atoms with E-state index in [1.165, 1.54) is 12.8 Å². The first kappa shape index (κ1) is 17.3. The fraction of sp³-hybridized carbons (Fsp3) is 0.632. The Morgan fingerprint density at radius 2 is 2.04 bits per heavy atom. The highest BCUT2D eigenvalue weighted by molar-refractivity contribution is 5.95. The quantitative estimate of drug-likeness (QED) is 0.910. The number of nitrogens with zero attached hydrogens (tertiary/aromatic N) is 5. The highest BCUT2D eigenvalue weighted by Gasteiger charge is 2.30. The summed E-state index contributed by atoms with van der Waals surface area (Å²) in [6, 6.07) is 1.87. The molecule has 1 amide bonds. The molecule has 26 heavy (non-hydrogen) atoms. The topological polar surface area (TPSA) is 70.1 Å². The molecule has 1 atom stereocenters. The molecule has 2 fully saturated rings. The van der Waals surface area contributed by atoms with Crippen molar-refractivity contribution in [1.82, 2.24) is 29.5 Å². The number of amides is 1. The number of H-pyrrole nitrogens is 1. The summed E-state index contributed by atoms with van der Waals surface area (Å²) in [5.74, 6) is 2.43. The normalized spacial score (nSPS) is 21.5. The second-order valence-electron chi connectivity index (χ2n) is 7.62. The summed E-state index contributed by atoms with van der Waals surface area (Å²) >= 11 is 0. The summed E-state index contributed by atoms with van der Waals surface area (Å²) in [5, 5.41) is 8.95. The van der Waals surface area contributed by atoms with Crippen LogP contribution in [0.2, 0.25) is 0 Å². The van der Waals surface area contributed by atoms with Crippen molar-refractivity contribution in [3.63, 3.8) is 0 Å². The van der Waals surface area contributed by atoms with E-state index < -0.39 is 0 Å². The number of hydrogen-bond donors (Lipinski definition) is 1. The maximum Gasteiger partial charge on any atom is 0.255 e. The summed E-state index contributed by atoms with van der Waals surface area (Å²) in [5.41, 5.74) is 1.71. The number of aryl methyl sites for hydroxylation is 1. The molecule has 2 aliphatic rings. The standard InChI is InChI=1S/C19H28N6O/c1-14-16(7-8-20-14)19(26)25-11-5-6-15(12-25)18-22-21-17(23(18)2)13-24-9-3-4-10-24/h7-8,15,20H,3-6,9-13H2,1-2H3/t15-/m1/s1. The predicted molar refractivity (Wildman–Crippen MR) is 98.9 cm³/mol. The fourth-order valence-corrected chi connectivity index (χ4v) is 4.24. The fourth-order valence-electron chi connectivity index (χ4n) is 4.24. The molecule has 0 aliphatic carbocycles. The number of aromatic amines is 1. The number of rotatable bonds is 4. The molecule has 1 N–H and O–H groups in total. The first-order chi connectivity index (χ1) is 12.6. The van der Waals surface area contributed by atoms with Gasteiger partial charge in [0, 0.05) is 37.9 Å². The number of hydrogen-bond acceptors (Lipinski definition) is 4. The van der Waals surface area contributed by atoms with Gasteiger partial charge in [0.15, 0.2) is 0 Å². The van der Waals surface area contributed by atoms with Gasteiger partial charge in [0.2, 0.25) is 0 Å². The zero-order valence-electron chi connectivity index (χ0n) is 15.7. The van der Waals surface area contributed by atoms with Gasteiger partial charge in [-0.25, -0.2) is 0 Å². The number of nitrogens with one attached hydrogen (secondary N) is 1. The van der Waals surface area contributed by atoms with E-state index in [1.807, 2.05) is 24.1 Å². The molecule has 2 aromatic rings. The lowest BCUT2D eigenvalue weighted by atomic mass is 9.96. The van der Waals surface area contributed by atoms with Gasteiger partial charge in [-0.15, -0.1) is 10.2 Å². The molecule has 7 nitrogen and oxygen atoms in total. The molecule has 2 aromatic heterocycles. The molecule has 140 valence electrons. The monoisotopic (exact) mass is 356 g/mol. The Kier molecular flexibility index (Phi) is 4.80. The van der Waals surface area contributed by atoms with Crippen molar-refractivity contribution in [2.45, 2.75) is 45.1 Å². The molecule has 0 saturated carbocycles. The van der Waals surface area contributed by atoms with Crippen molar-refractivity contribution in [2.24, 2.45) is 7.05 Å². The van der Waals surface area contributed by atoms with Crippen LogP contribution in [0.5, 0.6) is 0 Å². The Hall–Kier alpha value is -2.15. The van der Waals surface area contributed by atoms with E-state index in [0.29, 0.717) is 0 Å². The first-order valence-electron chi connectivity index (χ1n) is 9.67. The van der Waals surface area contributed by atoms with Gasteiger partial charge in [-0.1, -0.05) is 0 Å². The van der Waals surface area contributed by atoms with Crippen LogP contribution in [-0.4, -0.2) is 61.6 Å². The zero-order chi connectivity index (χ0) is 18.1. The number of aromatic nitrogens is 4. The van der Waals surface area contributed by atoms with Crippen LogP contribution in [0.1, 0.15) is 59.3 Å². The average Bonchev–Trinajstić information content (AvgIpc) is 3.38. The third kappa shape index (κ3) is 3.28. The van der Waals surface area contributed by atoms with Gasteiger partial charge >= 0.3 is 0 Å². The molecule has 7 heteroatoms. The summed E-state index contributed by atoms with van der Waals surface area (Å²) in [4.78, 5) is 20.3. The molecular formula is C19H28N6O. The van der Waals surface area contributed by atoms with Crippen molar-refractivity contribution < 1.29 is 4.79 Å².